The third-order valence-corrected chi connectivity index (χ3v) is 5.12. The van der Waals surface area contributed by atoms with Crippen molar-refractivity contribution in [2.45, 2.75) is 0 Å². The number of amides is 1. The van der Waals surface area contributed by atoms with Crippen LogP contribution in [0, 0.1) is 0 Å². The van der Waals surface area contributed by atoms with Crippen LogP contribution in [0.4, 0.5) is 5.82 Å². The monoisotopic (exact) mass is 385 g/mol. The summed E-state index contributed by atoms with van der Waals surface area (Å²) < 4.78 is 1.82. The zero-order valence-electron chi connectivity index (χ0n) is 15.7. The van der Waals surface area contributed by atoms with Crippen molar-refractivity contribution in [2.75, 3.05) is 31.1 Å². The highest BCUT2D eigenvalue weighted by Gasteiger charge is 2.24. The maximum atomic E-state index is 12.6. The van der Waals surface area contributed by atoms with Gasteiger partial charge in [-0.3, -0.25) is 9.78 Å². The summed E-state index contributed by atoms with van der Waals surface area (Å²) in [5, 5.41) is 5.43. The lowest BCUT2D eigenvalue weighted by Crippen LogP contribution is -2.49. The Morgan fingerprint density at radius 1 is 0.897 bits per heavy atom. The first kappa shape index (κ1) is 17.3. The van der Waals surface area contributed by atoms with Gasteiger partial charge in [0.05, 0.1) is 22.8 Å². The van der Waals surface area contributed by atoms with E-state index in [1.54, 1.807) is 30.9 Å². The molecule has 0 N–H and O–H groups in total. The molecule has 0 bridgehead atoms. The maximum absolute atomic E-state index is 12.6. The number of pyridine rings is 1. The van der Waals surface area contributed by atoms with Gasteiger partial charge in [-0.1, -0.05) is 18.2 Å². The Morgan fingerprint density at radius 3 is 2.48 bits per heavy atom. The van der Waals surface area contributed by atoms with E-state index < -0.39 is 0 Å². The quantitative estimate of drug-likeness (QED) is 0.538. The molecule has 0 radical (unpaired) electrons. The number of nitrogens with zero attached hydrogens (tertiary/aromatic N) is 7. The number of hydrogen-bond donors (Lipinski definition) is 0. The van der Waals surface area contributed by atoms with Gasteiger partial charge in [-0.2, -0.15) is 5.10 Å². The molecule has 1 saturated heterocycles. The van der Waals surface area contributed by atoms with Crippen molar-refractivity contribution in [1.29, 1.82) is 0 Å². The second-order valence-corrected chi connectivity index (χ2v) is 6.85. The standard InChI is InChI=1S/C21H19N7O/c29-21(16-5-4-8-22-13-16)27-11-9-26(10-12-27)19-18-14-25-28(20(18)24-15-23-19)17-6-2-1-3-7-17/h1-8,13-15H,9-12H2. The predicted molar refractivity (Wildman–Crippen MR) is 109 cm³/mol. The number of aromatic nitrogens is 5. The molecule has 4 heterocycles. The van der Waals surface area contributed by atoms with Crippen LogP contribution in [0.1, 0.15) is 10.4 Å². The van der Waals surface area contributed by atoms with Crippen LogP contribution in [0.15, 0.2) is 67.4 Å². The zero-order valence-corrected chi connectivity index (χ0v) is 15.7. The Labute approximate surface area is 167 Å². The second kappa shape index (κ2) is 7.31. The van der Waals surface area contributed by atoms with E-state index in [1.165, 1.54) is 0 Å². The predicted octanol–water partition coefficient (Wildman–Crippen LogP) is 2.17. The largest absolute Gasteiger partial charge is 0.352 e. The average molecular weight is 385 g/mol. The van der Waals surface area contributed by atoms with Crippen molar-refractivity contribution in [3.63, 3.8) is 0 Å². The molecule has 144 valence electrons. The number of para-hydroxylation sites is 1. The third kappa shape index (κ3) is 3.18. The molecule has 1 amide bonds. The van der Waals surface area contributed by atoms with Gasteiger partial charge in [0.15, 0.2) is 5.65 Å². The van der Waals surface area contributed by atoms with E-state index >= 15 is 0 Å². The fraction of sp³-hybridized carbons (Fsp3) is 0.190. The average Bonchev–Trinajstić information content (AvgIpc) is 3.24. The molecular formula is C21H19N7O. The number of rotatable bonds is 3. The normalized spacial score (nSPS) is 14.3. The van der Waals surface area contributed by atoms with E-state index in [0.717, 1.165) is 22.5 Å². The first-order valence-electron chi connectivity index (χ1n) is 9.50. The van der Waals surface area contributed by atoms with Gasteiger partial charge in [-0.15, -0.1) is 0 Å². The fourth-order valence-corrected chi connectivity index (χ4v) is 3.64. The summed E-state index contributed by atoms with van der Waals surface area (Å²) in [4.78, 5) is 29.7. The summed E-state index contributed by atoms with van der Waals surface area (Å²) in [7, 11) is 0. The summed E-state index contributed by atoms with van der Waals surface area (Å²) in [5.41, 5.74) is 2.35. The van der Waals surface area contributed by atoms with Crippen LogP contribution in [0.5, 0.6) is 0 Å². The van der Waals surface area contributed by atoms with Gasteiger partial charge in [0.25, 0.3) is 5.91 Å². The molecule has 1 aliphatic rings. The van der Waals surface area contributed by atoms with E-state index in [1.807, 2.05) is 46.1 Å². The Hall–Kier alpha value is -3.81. The molecule has 29 heavy (non-hydrogen) atoms. The number of hydrogen-bond acceptors (Lipinski definition) is 6. The van der Waals surface area contributed by atoms with Crippen molar-refractivity contribution in [3.05, 3.63) is 72.9 Å². The van der Waals surface area contributed by atoms with E-state index in [-0.39, 0.29) is 5.91 Å². The lowest BCUT2D eigenvalue weighted by atomic mass is 10.2. The summed E-state index contributed by atoms with van der Waals surface area (Å²) in [6.45, 7) is 2.67. The van der Waals surface area contributed by atoms with Gasteiger partial charge in [0.1, 0.15) is 12.1 Å². The highest BCUT2D eigenvalue weighted by Crippen LogP contribution is 2.25. The zero-order chi connectivity index (χ0) is 19.6. The van der Waals surface area contributed by atoms with Crippen LogP contribution in [-0.2, 0) is 0 Å². The Kier molecular flexibility index (Phi) is 4.36. The first-order valence-corrected chi connectivity index (χ1v) is 9.50. The molecule has 5 rings (SSSR count). The van der Waals surface area contributed by atoms with Gasteiger partial charge in [0, 0.05) is 38.6 Å². The molecule has 0 aliphatic carbocycles. The number of carbonyl (C=O) groups is 1. The minimum absolute atomic E-state index is 0.0162. The van der Waals surface area contributed by atoms with Gasteiger partial charge >= 0.3 is 0 Å². The SMILES string of the molecule is O=C(c1cccnc1)N1CCN(c2ncnc3c2cnn3-c2ccccc2)CC1. The molecule has 4 aromatic rings. The molecule has 0 unspecified atom stereocenters. The van der Waals surface area contributed by atoms with Crippen molar-refractivity contribution in [3.8, 4) is 5.69 Å². The number of fused-ring (bicyclic) bond motifs is 1. The van der Waals surface area contributed by atoms with Gasteiger partial charge in [-0.25, -0.2) is 14.6 Å². The fourth-order valence-electron chi connectivity index (χ4n) is 3.64. The molecule has 8 nitrogen and oxygen atoms in total. The molecule has 8 heteroatoms. The minimum Gasteiger partial charge on any atom is -0.352 e. The molecule has 1 fully saturated rings. The smallest absolute Gasteiger partial charge is 0.255 e. The van der Waals surface area contributed by atoms with E-state index in [9.17, 15) is 4.79 Å². The minimum atomic E-state index is 0.0162. The topological polar surface area (TPSA) is 80.0 Å². The molecule has 1 aliphatic heterocycles. The second-order valence-electron chi connectivity index (χ2n) is 6.85. The van der Waals surface area contributed by atoms with Crippen LogP contribution in [0.25, 0.3) is 16.7 Å². The maximum Gasteiger partial charge on any atom is 0.255 e. The van der Waals surface area contributed by atoms with Crippen LogP contribution in [-0.4, -0.2) is 61.7 Å². The highest BCUT2D eigenvalue weighted by atomic mass is 16.2. The number of carbonyl (C=O) groups excluding carboxylic acids is 1. The number of benzene rings is 1. The molecule has 1 aromatic carbocycles. The van der Waals surface area contributed by atoms with Crippen LogP contribution in [0.2, 0.25) is 0 Å². The molecule has 3 aromatic heterocycles. The Morgan fingerprint density at radius 2 is 1.72 bits per heavy atom. The van der Waals surface area contributed by atoms with E-state index in [4.69, 9.17) is 0 Å². The Balaban J connectivity index is 1.37. The van der Waals surface area contributed by atoms with Crippen molar-refractivity contribution >= 4 is 22.8 Å². The molecule has 0 spiro atoms. The van der Waals surface area contributed by atoms with Crippen LogP contribution < -0.4 is 4.90 Å². The molecule has 0 saturated carbocycles. The van der Waals surface area contributed by atoms with Gasteiger partial charge < -0.3 is 9.80 Å². The Bertz CT molecular complexity index is 1140. The summed E-state index contributed by atoms with van der Waals surface area (Å²) in [6.07, 6.45) is 6.67. The van der Waals surface area contributed by atoms with Crippen molar-refractivity contribution in [1.82, 2.24) is 29.6 Å². The van der Waals surface area contributed by atoms with Crippen LogP contribution >= 0.6 is 0 Å². The number of piperazine rings is 1. The lowest BCUT2D eigenvalue weighted by molar-refractivity contribution is 0.0746. The first-order chi connectivity index (χ1) is 14.3. The summed E-state index contributed by atoms with van der Waals surface area (Å²) >= 11 is 0. The highest BCUT2D eigenvalue weighted by molar-refractivity contribution is 5.94. The van der Waals surface area contributed by atoms with Gasteiger partial charge in [-0.05, 0) is 24.3 Å². The van der Waals surface area contributed by atoms with E-state index in [0.29, 0.717) is 31.7 Å². The van der Waals surface area contributed by atoms with Gasteiger partial charge in [0.2, 0.25) is 0 Å². The number of anilines is 1. The summed E-state index contributed by atoms with van der Waals surface area (Å²) in [5.74, 6) is 0.869. The molecule has 0 atom stereocenters. The van der Waals surface area contributed by atoms with Crippen LogP contribution in [0.3, 0.4) is 0 Å². The van der Waals surface area contributed by atoms with Crippen molar-refractivity contribution < 1.29 is 4.79 Å². The van der Waals surface area contributed by atoms with E-state index in [2.05, 4.69) is 25.0 Å². The summed E-state index contributed by atoms with van der Waals surface area (Å²) in [6, 6.07) is 13.5. The third-order valence-electron chi connectivity index (χ3n) is 5.12. The lowest BCUT2D eigenvalue weighted by Gasteiger charge is -2.35. The van der Waals surface area contributed by atoms with Crippen molar-refractivity contribution in [2.24, 2.45) is 0 Å². The molecular weight excluding hydrogens is 366 g/mol.